The lowest BCUT2D eigenvalue weighted by atomic mass is 10.0. The Balaban J connectivity index is 0.000000192. The minimum atomic E-state index is 0.401. The van der Waals surface area contributed by atoms with E-state index >= 15 is 0 Å². The van der Waals surface area contributed by atoms with Crippen LogP contribution in [-0.4, -0.2) is 0 Å². The highest BCUT2D eigenvalue weighted by Gasteiger charge is 2.13. The van der Waals surface area contributed by atoms with Gasteiger partial charge in [-0.15, -0.1) is 0 Å². The highest BCUT2D eigenvalue weighted by atomic mass is 35.5. The highest BCUT2D eigenvalue weighted by Crippen LogP contribution is 2.40. The molecular formula is C24H18Cl6N4. The van der Waals surface area contributed by atoms with Crippen molar-refractivity contribution in [2.75, 3.05) is 22.9 Å². The summed E-state index contributed by atoms with van der Waals surface area (Å²) in [7, 11) is 0. The number of nitrogen functional groups attached to an aromatic ring is 4. The van der Waals surface area contributed by atoms with Crippen molar-refractivity contribution in [1.29, 1.82) is 0 Å². The van der Waals surface area contributed by atoms with Gasteiger partial charge >= 0.3 is 0 Å². The molecule has 8 N–H and O–H groups in total. The van der Waals surface area contributed by atoms with Gasteiger partial charge in [0.05, 0.1) is 52.9 Å². The minimum absolute atomic E-state index is 0.401. The van der Waals surface area contributed by atoms with Crippen LogP contribution in [0.3, 0.4) is 0 Å². The monoisotopic (exact) mass is 572 g/mol. The van der Waals surface area contributed by atoms with Crippen LogP contribution in [-0.2, 0) is 0 Å². The zero-order valence-corrected chi connectivity index (χ0v) is 21.9. The van der Waals surface area contributed by atoms with Crippen LogP contribution in [0.2, 0.25) is 30.1 Å². The lowest BCUT2D eigenvalue weighted by Gasteiger charge is -2.11. The lowest BCUT2D eigenvalue weighted by Crippen LogP contribution is -1.91. The first kappa shape index (κ1) is 26.4. The second kappa shape index (κ2) is 11.0. The lowest BCUT2D eigenvalue weighted by molar-refractivity contribution is 1.60. The molecule has 4 rings (SSSR count). The van der Waals surface area contributed by atoms with Gasteiger partial charge in [-0.05, 0) is 59.7 Å². The average molecular weight is 575 g/mol. The topological polar surface area (TPSA) is 104 Å². The molecule has 176 valence electrons. The molecule has 34 heavy (non-hydrogen) atoms. The number of anilines is 4. The van der Waals surface area contributed by atoms with Gasteiger partial charge in [0.2, 0.25) is 0 Å². The molecule has 0 heterocycles. The van der Waals surface area contributed by atoms with Crippen LogP contribution in [0, 0.1) is 0 Å². The summed E-state index contributed by atoms with van der Waals surface area (Å²) in [5.74, 6) is 0. The molecule has 0 saturated carbocycles. The molecule has 0 amide bonds. The third-order valence-corrected chi connectivity index (χ3v) is 6.73. The second-order valence-electron chi connectivity index (χ2n) is 7.18. The summed E-state index contributed by atoms with van der Waals surface area (Å²) in [6.07, 6.45) is 0. The maximum Gasteiger partial charge on any atom is 0.0642 e. The molecule has 0 aliphatic carbocycles. The minimum Gasteiger partial charge on any atom is -0.398 e. The summed E-state index contributed by atoms with van der Waals surface area (Å²) in [6.45, 7) is 0. The van der Waals surface area contributed by atoms with Crippen molar-refractivity contribution in [3.05, 3.63) is 90.8 Å². The smallest absolute Gasteiger partial charge is 0.0642 e. The molecule has 4 aromatic rings. The molecule has 0 atom stereocenters. The summed E-state index contributed by atoms with van der Waals surface area (Å²) < 4.78 is 0. The second-order valence-corrected chi connectivity index (χ2v) is 9.62. The summed E-state index contributed by atoms with van der Waals surface area (Å²) in [4.78, 5) is 0. The third-order valence-electron chi connectivity index (χ3n) is 4.80. The molecule has 0 unspecified atom stereocenters. The molecule has 4 aromatic carbocycles. The van der Waals surface area contributed by atoms with E-state index in [0.29, 0.717) is 64.0 Å². The third kappa shape index (κ3) is 6.08. The van der Waals surface area contributed by atoms with Crippen LogP contribution >= 0.6 is 69.6 Å². The first-order valence-electron chi connectivity index (χ1n) is 9.57. The Morgan fingerprint density at radius 3 is 1.00 bits per heavy atom. The first-order valence-corrected chi connectivity index (χ1v) is 11.8. The zero-order valence-electron chi connectivity index (χ0n) is 17.4. The molecule has 0 spiro atoms. The van der Waals surface area contributed by atoms with E-state index in [2.05, 4.69) is 0 Å². The van der Waals surface area contributed by atoms with Gasteiger partial charge in [0, 0.05) is 11.1 Å². The van der Waals surface area contributed by atoms with E-state index in [1.807, 2.05) is 12.1 Å². The van der Waals surface area contributed by atoms with Crippen molar-refractivity contribution in [1.82, 2.24) is 0 Å². The van der Waals surface area contributed by atoms with Gasteiger partial charge in [-0.3, -0.25) is 0 Å². The number of halogens is 6. The molecule has 0 aliphatic rings. The van der Waals surface area contributed by atoms with Crippen molar-refractivity contribution in [2.45, 2.75) is 0 Å². The van der Waals surface area contributed by atoms with E-state index in [1.54, 1.807) is 48.5 Å². The molecule has 0 aromatic heterocycles. The molecular weight excluding hydrogens is 557 g/mol. The largest absolute Gasteiger partial charge is 0.398 e. The molecule has 10 heteroatoms. The standard InChI is InChI=1S/C12H8Cl4N2.C12H10Cl2N2/c13-7-3-11(17)9(15)1-5(7)6-2-10(16)12(18)4-8(6)14;13-9-5-7(1-3-11(9)15)8-2-4-12(16)10(14)6-8/h1-4H,17-18H2;1-6H,15-16H2. The Labute approximate surface area is 227 Å². The summed E-state index contributed by atoms with van der Waals surface area (Å²) >= 11 is 36.1. The molecule has 4 nitrogen and oxygen atoms in total. The number of rotatable bonds is 2. The van der Waals surface area contributed by atoms with Crippen molar-refractivity contribution in [3.8, 4) is 22.3 Å². The maximum absolute atomic E-state index is 6.13. The highest BCUT2D eigenvalue weighted by molar-refractivity contribution is 6.40. The summed E-state index contributed by atoms with van der Waals surface area (Å²) in [5.41, 5.74) is 27.8. The van der Waals surface area contributed by atoms with Crippen molar-refractivity contribution >= 4 is 92.4 Å². The van der Waals surface area contributed by atoms with Crippen LogP contribution in [0.5, 0.6) is 0 Å². The fourth-order valence-corrected chi connectivity index (χ4v) is 4.19. The van der Waals surface area contributed by atoms with Gasteiger partial charge < -0.3 is 22.9 Å². The Morgan fingerprint density at radius 2 is 0.676 bits per heavy atom. The zero-order chi connectivity index (χ0) is 25.2. The van der Waals surface area contributed by atoms with Crippen LogP contribution in [0.4, 0.5) is 22.7 Å². The predicted molar refractivity (Wildman–Crippen MR) is 151 cm³/mol. The molecule has 0 radical (unpaired) electrons. The van der Waals surface area contributed by atoms with Gasteiger partial charge in [-0.2, -0.15) is 0 Å². The number of nitrogens with two attached hydrogens (primary N) is 4. The molecule has 0 aliphatic heterocycles. The van der Waals surface area contributed by atoms with E-state index in [-0.39, 0.29) is 0 Å². The van der Waals surface area contributed by atoms with Gasteiger partial charge in [0.15, 0.2) is 0 Å². The average Bonchev–Trinajstić information content (AvgIpc) is 2.78. The molecule has 0 saturated heterocycles. The van der Waals surface area contributed by atoms with Crippen LogP contribution in [0.1, 0.15) is 0 Å². The van der Waals surface area contributed by atoms with Crippen LogP contribution in [0.15, 0.2) is 60.7 Å². The van der Waals surface area contributed by atoms with Gasteiger partial charge in [0.25, 0.3) is 0 Å². The SMILES string of the molecule is Nc1cc(Cl)c(-c2cc(Cl)c(N)cc2Cl)cc1Cl.Nc1ccc(-c2ccc(N)c(Cl)c2)cc1Cl. The van der Waals surface area contributed by atoms with Crippen molar-refractivity contribution < 1.29 is 0 Å². The fourth-order valence-electron chi connectivity index (χ4n) is 2.95. The van der Waals surface area contributed by atoms with Gasteiger partial charge in [0.1, 0.15) is 0 Å². The Morgan fingerprint density at radius 1 is 0.353 bits per heavy atom. The fraction of sp³-hybridized carbons (Fsp3) is 0. The number of hydrogen-bond donors (Lipinski definition) is 4. The Hall–Kier alpha value is -2.18. The van der Waals surface area contributed by atoms with E-state index < -0.39 is 0 Å². The predicted octanol–water partition coefficient (Wildman–Crippen LogP) is 8.96. The maximum atomic E-state index is 6.13. The van der Waals surface area contributed by atoms with Gasteiger partial charge in [-0.25, -0.2) is 0 Å². The Bertz CT molecular complexity index is 1270. The Kier molecular flexibility index (Phi) is 8.58. The molecule has 0 fully saturated rings. The van der Waals surface area contributed by atoms with Gasteiger partial charge in [-0.1, -0.05) is 81.7 Å². The quantitative estimate of drug-likeness (QED) is 0.179. The van der Waals surface area contributed by atoms with E-state index in [1.165, 1.54) is 0 Å². The van der Waals surface area contributed by atoms with E-state index in [4.69, 9.17) is 92.5 Å². The normalized spacial score (nSPS) is 10.5. The van der Waals surface area contributed by atoms with Crippen LogP contribution in [0.25, 0.3) is 22.3 Å². The number of benzene rings is 4. The van der Waals surface area contributed by atoms with Crippen molar-refractivity contribution in [2.24, 2.45) is 0 Å². The van der Waals surface area contributed by atoms with E-state index in [9.17, 15) is 0 Å². The van der Waals surface area contributed by atoms with Crippen LogP contribution < -0.4 is 22.9 Å². The first-order chi connectivity index (χ1) is 16.0. The summed E-state index contributed by atoms with van der Waals surface area (Å²) in [5, 5.41) is 2.76. The molecule has 0 bridgehead atoms. The van der Waals surface area contributed by atoms with E-state index in [0.717, 1.165) is 11.1 Å². The number of hydrogen-bond acceptors (Lipinski definition) is 4. The van der Waals surface area contributed by atoms with Crippen molar-refractivity contribution in [3.63, 3.8) is 0 Å². The summed E-state index contributed by atoms with van der Waals surface area (Å²) in [6, 6.07) is 17.4.